The zero-order valence-electron chi connectivity index (χ0n) is 19.9. The highest BCUT2D eigenvalue weighted by Gasteiger charge is 2.24. The second-order valence-corrected chi connectivity index (χ2v) is 9.53. The smallest absolute Gasteiger partial charge is 0.260 e. The summed E-state index contributed by atoms with van der Waals surface area (Å²) in [4.78, 5) is 25.8. The van der Waals surface area contributed by atoms with Crippen molar-refractivity contribution >= 4 is 11.7 Å². The molecule has 1 fully saturated rings. The lowest BCUT2D eigenvalue weighted by Crippen LogP contribution is -2.50. The second kappa shape index (κ2) is 9.61. The molecule has 2 heterocycles. The second-order valence-electron chi connectivity index (χ2n) is 9.53. The fourth-order valence-corrected chi connectivity index (χ4v) is 4.06. The van der Waals surface area contributed by atoms with Crippen molar-refractivity contribution < 1.29 is 9.53 Å². The average molecular weight is 445 g/mol. The summed E-state index contributed by atoms with van der Waals surface area (Å²) in [5, 5.41) is 0. The van der Waals surface area contributed by atoms with Crippen LogP contribution in [0.3, 0.4) is 0 Å². The van der Waals surface area contributed by atoms with Crippen LogP contribution in [0.15, 0.2) is 60.9 Å². The Kier molecular flexibility index (Phi) is 6.63. The van der Waals surface area contributed by atoms with E-state index in [9.17, 15) is 4.79 Å². The molecule has 1 amide bonds. The summed E-state index contributed by atoms with van der Waals surface area (Å²) in [6.45, 7) is 11.4. The summed E-state index contributed by atoms with van der Waals surface area (Å²) >= 11 is 0. The van der Waals surface area contributed by atoms with E-state index >= 15 is 0 Å². The van der Waals surface area contributed by atoms with Crippen molar-refractivity contribution in [2.45, 2.75) is 33.1 Å². The van der Waals surface area contributed by atoms with Crippen molar-refractivity contribution in [1.82, 2.24) is 14.9 Å². The molecule has 0 spiro atoms. The number of ether oxygens (including phenoxy) is 1. The number of amides is 1. The highest BCUT2D eigenvalue weighted by Crippen LogP contribution is 2.32. The maximum atomic E-state index is 12.8. The lowest BCUT2D eigenvalue weighted by Gasteiger charge is -2.35. The number of piperazine rings is 1. The Balaban J connectivity index is 1.35. The summed E-state index contributed by atoms with van der Waals surface area (Å²) in [7, 11) is 0. The lowest BCUT2D eigenvalue weighted by atomic mass is 9.85. The number of carbonyl (C=O) groups excluding carboxylic acids is 1. The molecule has 0 unspecified atom stereocenters. The van der Waals surface area contributed by atoms with Gasteiger partial charge in [-0.1, -0.05) is 68.8 Å². The van der Waals surface area contributed by atoms with Crippen molar-refractivity contribution in [3.05, 3.63) is 72.1 Å². The number of hydrogen-bond donors (Lipinski definition) is 0. The zero-order chi connectivity index (χ0) is 23.4. The largest absolute Gasteiger partial charge is 0.483 e. The molecule has 6 heteroatoms. The van der Waals surface area contributed by atoms with Crippen LogP contribution < -0.4 is 9.64 Å². The molecule has 33 heavy (non-hydrogen) atoms. The first kappa shape index (κ1) is 22.8. The maximum absolute atomic E-state index is 12.8. The van der Waals surface area contributed by atoms with Gasteiger partial charge < -0.3 is 14.5 Å². The number of anilines is 1. The van der Waals surface area contributed by atoms with Gasteiger partial charge in [0.1, 0.15) is 17.9 Å². The van der Waals surface area contributed by atoms with Gasteiger partial charge in [-0.25, -0.2) is 9.97 Å². The van der Waals surface area contributed by atoms with Gasteiger partial charge in [-0.05, 0) is 24.0 Å². The molecule has 0 radical (unpaired) electrons. The molecule has 2 aromatic carbocycles. The average Bonchev–Trinajstić information content (AvgIpc) is 2.83. The number of aryl methyl sites for hydroxylation is 1. The summed E-state index contributed by atoms with van der Waals surface area (Å²) in [5.74, 6) is 1.69. The first-order valence-electron chi connectivity index (χ1n) is 11.5. The highest BCUT2D eigenvalue weighted by atomic mass is 16.5. The van der Waals surface area contributed by atoms with Gasteiger partial charge in [-0.2, -0.15) is 0 Å². The van der Waals surface area contributed by atoms with Gasteiger partial charge in [0, 0.05) is 37.8 Å². The molecule has 172 valence electrons. The molecule has 4 rings (SSSR count). The lowest BCUT2D eigenvalue weighted by molar-refractivity contribution is -0.133. The van der Waals surface area contributed by atoms with Gasteiger partial charge in [0.15, 0.2) is 6.61 Å². The molecular formula is C27H32N4O2. The third-order valence-electron chi connectivity index (χ3n) is 5.97. The molecule has 1 aromatic heterocycles. The van der Waals surface area contributed by atoms with Crippen molar-refractivity contribution in [2.75, 3.05) is 37.7 Å². The van der Waals surface area contributed by atoms with Crippen LogP contribution in [-0.2, 0) is 10.2 Å². The predicted molar refractivity (Wildman–Crippen MR) is 132 cm³/mol. The SMILES string of the molecule is Cc1ccc(OCC(=O)N2CCN(c3cc(-c4ccccc4)ncn3)CC2)c(C(C)(C)C)c1. The summed E-state index contributed by atoms with van der Waals surface area (Å²) in [6.07, 6.45) is 1.61. The van der Waals surface area contributed by atoms with E-state index in [2.05, 4.69) is 48.6 Å². The Hall–Kier alpha value is -3.41. The van der Waals surface area contributed by atoms with Crippen LogP contribution in [-0.4, -0.2) is 53.6 Å². The molecule has 1 saturated heterocycles. The summed E-state index contributed by atoms with van der Waals surface area (Å²) in [5.41, 5.74) is 4.23. The van der Waals surface area contributed by atoms with Gasteiger partial charge in [-0.3, -0.25) is 4.79 Å². The minimum absolute atomic E-state index is 0.0164. The third kappa shape index (κ3) is 5.51. The Morgan fingerprint density at radius 2 is 1.70 bits per heavy atom. The molecule has 1 aliphatic rings. The van der Waals surface area contributed by atoms with E-state index in [0.29, 0.717) is 13.1 Å². The number of carbonyl (C=O) groups is 1. The molecule has 0 bridgehead atoms. The molecule has 0 saturated carbocycles. The molecule has 3 aromatic rings. The Labute approximate surface area is 196 Å². The topological polar surface area (TPSA) is 58.6 Å². The maximum Gasteiger partial charge on any atom is 0.260 e. The summed E-state index contributed by atoms with van der Waals surface area (Å²) < 4.78 is 5.98. The van der Waals surface area contributed by atoms with E-state index in [1.54, 1.807) is 6.33 Å². The van der Waals surface area contributed by atoms with Crippen LogP contribution in [0.25, 0.3) is 11.3 Å². The molecule has 0 N–H and O–H groups in total. The van der Waals surface area contributed by atoms with Crippen LogP contribution in [0.4, 0.5) is 5.82 Å². The van der Waals surface area contributed by atoms with E-state index in [0.717, 1.165) is 41.5 Å². The minimum Gasteiger partial charge on any atom is -0.483 e. The van der Waals surface area contributed by atoms with Gasteiger partial charge in [0.25, 0.3) is 5.91 Å². The van der Waals surface area contributed by atoms with E-state index < -0.39 is 0 Å². The Bertz CT molecular complexity index is 1100. The van der Waals surface area contributed by atoms with Crippen molar-refractivity contribution in [2.24, 2.45) is 0 Å². The number of benzene rings is 2. The molecule has 1 aliphatic heterocycles. The first-order valence-corrected chi connectivity index (χ1v) is 11.5. The monoisotopic (exact) mass is 444 g/mol. The standard InChI is InChI=1S/C27H32N4O2/c1-20-10-11-24(22(16-20)27(2,3)4)33-18-26(32)31-14-12-30(13-15-31)25-17-23(28-19-29-25)21-8-6-5-7-9-21/h5-11,16-17,19H,12-15,18H2,1-4H3. The highest BCUT2D eigenvalue weighted by molar-refractivity contribution is 5.78. The number of rotatable bonds is 5. The van der Waals surface area contributed by atoms with Gasteiger partial charge in [0.05, 0.1) is 5.69 Å². The normalized spacial score (nSPS) is 14.3. The molecule has 0 aliphatic carbocycles. The number of aromatic nitrogens is 2. The van der Waals surface area contributed by atoms with E-state index in [4.69, 9.17) is 4.74 Å². The van der Waals surface area contributed by atoms with E-state index in [1.165, 1.54) is 5.56 Å². The number of hydrogen-bond acceptors (Lipinski definition) is 5. The molecular weight excluding hydrogens is 412 g/mol. The number of nitrogens with zero attached hydrogens (tertiary/aromatic N) is 4. The van der Waals surface area contributed by atoms with Crippen molar-refractivity contribution in [1.29, 1.82) is 0 Å². The first-order chi connectivity index (χ1) is 15.8. The van der Waals surface area contributed by atoms with Crippen LogP contribution >= 0.6 is 0 Å². The quantitative estimate of drug-likeness (QED) is 0.581. The van der Waals surface area contributed by atoms with Crippen LogP contribution in [0.5, 0.6) is 5.75 Å². The molecule has 6 nitrogen and oxygen atoms in total. The van der Waals surface area contributed by atoms with Crippen LogP contribution in [0, 0.1) is 6.92 Å². The third-order valence-corrected chi connectivity index (χ3v) is 5.97. The zero-order valence-corrected chi connectivity index (χ0v) is 19.9. The Morgan fingerprint density at radius 1 is 0.970 bits per heavy atom. The fourth-order valence-electron chi connectivity index (χ4n) is 4.06. The molecule has 0 atom stereocenters. The predicted octanol–water partition coefficient (Wildman–Crippen LogP) is 4.48. The van der Waals surface area contributed by atoms with E-state index in [1.807, 2.05) is 53.4 Å². The van der Waals surface area contributed by atoms with Gasteiger partial charge in [0.2, 0.25) is 0 Å². The minimum atomic E-state index is -0.0494. The van der Waals surface area contributed by atoms with Crippen LogP contribution in [0.1, 0.15) is 31.9 Å². The summed E-state index contributed by atoms with van der Waals surface area (Å²) in [6, 6.07) is 18.2. The van der Waals surface area contributed by atoms with E-state index in [-0.39, 0.29) is 17.9 Å². The van der Waals surface area contributed by atoms with Crippen LogP contribution in [0.2, 0.25) is 0 Å². The fraction of sp³-hybridized carbons (Fsp3) is 0.370. The van der Waals surface area contributed by atoms with Crippen molar-refractivity contribution in [3.8, 4) is 17.0 Å². The van der Waals surface area contributed by atoms with Gasteiger partial charge >= 0.3 is 0 Å². The van der Waals surface area contributed by atoms with Crippen molar-refractivity contribution in [3.63, 3.8) is 0 Å². The van der Waals surface area contributed by atoms with Gasteiger partial charge in [-0.15, -0.1) is 0 Å². The Morgan fingerprint density at radius 3 is 2.39 bits per heavy atom.